The first-order valence-electron chi connectivity index (χ1n) is 8.42. The van der Waals surface area contributed by atoms with Crippen molar-refractivity contribution in [3.05, 3.63) is 21.4 Å². The van der Waals surface area contributed by atoms with Crippen molar-refractivity contribution in [2.45, 2.75) is 57.9 Å². The normalized spacial score (nSPS) is 21.9. The van der Waals surface area contributed by atoms with Crippen molar-refractivity contribution in [1.82, 2.24) is 10.2 Å². The first kappa shape index (κ1) is 15.0. The lowest BCUT2D eigenvalue weighted by Gasteiger charge is -2.24. The van der Waals surface area contributed by atoms with E-state index in [-0.39, 0.29) is 5.91 Å². The molecule has 3 nitrogen and oxygen atoms in total. The summed E-state index contributed by atoms with van der Waals surface area (Å²) in [4.78, 5) is 17.2. The van der Waals surface area contributed by atoms with Crippen LogP contribution in [0.25, 0.3) is 0 Å². The van der Waals surface area contributed by atoms with Crippen molar-refractivity contribution >= 4 is 17.2 Å². The van der Waals surface area contributed by atoms with E-state index in [1.54, 1.807) is 11.3 Å². The molecule has 1 atom stereocenters. The molecule has 1 aromatic heterocycles. The van der Waals surface area contributed by atoms with Crippen LogP contribution in [0.3, 0.4) is 0 Å². The van der Waals surface area contributed by atoms with E-state index in [0.29, 0.717) is 6.04 Å². The van der Waals surface area contributed by atoms with Crippen LogP contribution in [0.15, 0.2) is 6.07 Å². The number of carbonyl (C=O) groups excluding carboxylic acids is 1. The number of carbonyl (C=O) groups is 1. The van der Waals surface area contributed by atoms with Crippen molar-refractivity contribution in [2.24, 2.45) is 0 Å². The molecule has 0 aromatic carbocycles. The molecule has 1 saturated heterocycles. The lowest BCUT2D eigenvalue weighted by Crippen LogP contribution is -2.40. The number of nitrogens with one attached hydrogen (secondary N) is 1. The van der Waals surface area contributed by atoms with Crippen molar-refractivity contribution in [2.75, 3.05) is 19.6 Å². The van der Waals surface area contributed by atoms with Gasteiger partial charge in [-0.25, -0.2) is 0 Å². The molecule has 1 unspecified atom stereocenters. The molecule has 116 valence electrons. The third kappa shape index (κ3) is 3.49. The Balaban J connectivity index is 1.70. The molecular weight excluding hydrogens is 280 g/mol. The average Bonchev–Trinajstić information content (AvgIpc) is 3.10. The molecule has 2 aliphatic rings. The Hall–Kier alpha value is -0.870. The molecule has 1 fully saturated rings. The molecule has 21 heavy (non-hydrogen) atoms. The van der Waals surface area contributed by atoms with Gasteiger partial charge in [-0.1, -0.05) is 6.42 Å². The van der Waals surface area contributed by atoms with Gasteiger partial charge in [0.2, 0.25) is 0 Å². The summed E-state index contributed by atoms with van der Waals surface area (Å²) in [6.45, 7) is 4.85. The standard InChI is InChI=1S/C17H26N2OS/c1-2-19(12-14-8-6-10-18-14)17(20)16-11-13-7-4-3-5-9-15(13)21-16/h11,14,18H,2-10,12H2,1H3. The number of hydrogen-bond donors (Lipinski definition) is 1. The van der Waals surface area contributed by atoms with Gasteiger partial charge in [0, 0.05) is 24.0 Å². The number of hydrogen-bond acceptors (Lipinski definition) is 3. The molecule has 0 spiro atoms. The van der Waals surface area contributed by atoms with E-state index in [2.05, 4.69) is 18.3 Å². The molecule has 0 bridgehead atoms. The van der Waals surface area contributed by atoms with E-state index in [9.17, 15) is 4.79 Å². The van der Waals surface area contributed by atoms with Crippen LogP contribution in [0.5, 0.6) is 0 Å². The second-order valence-electron chi connectivity index (χ2n) is 6.26. The molecule has 1 aliphatic carbocycles. The van der Waals surface area contributed by atoms with Gasteiger partial charge in [-0.15, -0.1) is 11.3 Å². The van der Waals surface area contributed by atoms with Gasteiger partial charge >= 0.3 is 0 Å². The zero-order valence-electron chi connectivity index (χ0n) is 13.0. The smallest absolute Gasteiger partial charge is 0.263 e. The minimum absolute atomic E-state index is 0.240. The fourth-order valence-corrected chi connectivity index (χ4v) is 4.68. The Kier molecular flexibility index (Phi) is 4.96. The highest BCUT2D eigenvalue weighted by Crippen LogP contribution is 2.29. The maximum absolute atomic E-state index is 12.8. The molecule has 0 radical (unpaired) electrons. The Morgan fingerprint density at radius 2 is 2.19 bits per heavy atom. The highest BCUT2D eigenvalue weighted by Gasteiger charge is 2.23. The second kappa shape index (κ2) is 6.93. The van der Waals surface area contributed by atoms with Crippen molar-refractivity contribution in [3.63, 3.8) is 0 Å². The molecule has 1 N–H and O–H groups in total. The number of aryl methyl sites for hydroxylation is 2. The number of thiophene rings is 1. The lowest BCUT2D eigenvalue weighted by molar-refractivity contribution is 0.0756. The van der Waals surface area contributed by atoms with Crippen LogP contribution in [0, 0.1) is 0 Å². The summed E-state index contributed by atoms with van der Waals surface area (Å²) in [5.41, 5.74) is 1.44. The maximum Gasteiger partial charge on any atom is 0.263 e. The Bertz CT molecular complexity index is 467. The van der Waals surface area contributed by atoms with E-state index in [4.69, 9.17) is 0 Å². The summed E-state index contributed by atoms with van der Waals surface area (Å²) in [6.07, 6.45) is 8.66. The van der Waals surface area contributed by atoms with E-state index in [1.165, 1.54) is 49.0 Å². The number of rotatable bonds is 4. The largest absolute Gasteiger partial charge is 0.337 e. The summed E-state index contributed by atoms with van der Waals surface area (Å²) in [5.74, 6) is 0.240. The van der Waals surface area contributed by atoms with E-state index in [1.807, 2.05) is 4.90 Å². The van der Waals surface area contributed by atoms with Crippen LogP contribution in [0.1, 0.15) is 59.1 Å². The molecule has 1 aliphatic heterocycles. The Morgan fingerprint density at radius 3 is 2.95 bits per heavy atom. The highest BCUT2D eigenvalue weighted by molar-refractivity contribution is 7.14. The van der Waals surface area contributed by atoms with E-state index < -0.39 is 0 Å². The Labute approximate surface area is 131 Å². The molecule has 3 rings (SSSR count). The summed E-state index contributed by atoms with van der Waals surface area (Å²) in [5, 5.41) is 3.49. The van der Waals surface area contributed by atoms with Gasteiger partial charge in [0.1, 0.15) is 0 Å². The molecule has 4 heteroatoms. The topological polar surface area (TPSA) is 32.3 Å². The second-order valence-corrected chi connectivity index (χ2v) is 7.39. The summed E-state index contributed by atoms with van der Waals surface area (Å²) >= 11 is 1.75. The van der Waals surface area contributed by atoms with Gasteiger partial charge in [-0.3, -0.25) is 4.79 Å². The third-order valence-corrected chi connectivity index (χ3v) is 5.95. The number of nitrogens with zero attached hydrogens (tertiary/aromatic N) is 1. The summed E-state index contributed by atoms with van der Waals surface area (Å²) in [7, 11) is 0. The van der Waals surface area contributed by atoms with Gasteiger partial charge in [0.25, 0.3) is 5.91 Å². The summed E-state index contributed by atoms with van der Waals surface area (Å²) in [6, 6.07) is 2.67. The lowest BCUT2D eigenvalue weighted by atomic mass is 10.1. The van der Waals surface area contributed by atoms with Gasteiger partial charge in [0.05, 0.1) is 4.88 Å². The molecule has 1 amide bonds. The summed E-state index contributed by atoms with van der Waals surface area (Å²) < 4.78 is 0. The zero-order chi connectivity index (χ0) is 14.7. The van der Waals surface area contributed by atoms with Gasteiger partial charge in [0.15, 0.2) is 0 Å². The van der Waals surface area contributed by atoms with Gasteiger partial charge in [-0.05, 0) is 63.6 Å². The number of amides is 1. The molecule has 2 heterocycles. The van der Waals surface area contributed by atoms with Crippen LogP contribution in [0.2, 0.25) is 0 Å². The molecule has 1 aromatic rings. The van der Waals surface area contributed by atoms with Crippen LogP contribution >= 0.6 is 11.3 Å². The van der Waals surface area contributed by atoms with Crippen LogP contribution in [-0.4, -0.2) is 36.5 Å². The SMILES string of the molecule is CCN(CC1CCCN1)C(=O)c1cc2c(s1)CCCCC2. The van der Waals surface area contributed by atoms with Crippen LogP contribution in [0.4, 0.5) is 0 Å². The van der Waals surface area contributed by atoms with Crippen LogP contribution in [-0.2, 0) is 12.8 Å². The Morgan fingerprint density at radius 1 is 1.33 bits per heavy atom. The van der Waals surface area contributed by atoms with Crippen LogP contribution < -0.4 is 5.32 Å². The van der Waals surface area contributed by atoms with E-state index in [0.717, 1.165) is 30.9 Å². The quantitative estimate of drug-likeness (QED) is 0.866. The zero-order valence-corrected chi connectivity index (χ0v) is 13.8. The molecular formula is C17H26N2OS. The first-order valence-corrected chi connectivity index (χ1v) is 9.24. The monoisotopic (exact) mass is 306 g/mol. The number of fused-ring (bicyclic) bond motifs is 1. The van der Waals surface area contributed by atoms with Crippen molar-refractivity contribution in [1.29, 1.82) is 0 Å². The third-order valence-electron chi connectivity index (χ3n) is 4.73. The fraction of sp³-hybridized carbons (Fsp3) is 0.706. The first-order chi connectivity index (χ1) is 10.3. The maximum atomic E-state index is 12.8. The minimum atomic E-state index is 0.240. The average molecular weight is 306 g/mol. The minimum Gasteiger partial charge on any atom is -0.337 e. The predicted molar refractivity (Wildman–Crippen MR) is 88.2 cm³/mol. The fourth-order valence-electron chi connectivity index (χ4n) is 3.46. The predicted octanol–water partition coefficient (Wildman–Crippen LogP) is 3.23. The van der Waals surface area contributed by atoms with Crippen molar-refractivity contribution in [3.8, 4) is 0 Å². The van der Waals surface area contributed by atoms with Gasteiger partial charge in [-0.2, -0.15) is 0 Å². The highest BCUT2D eigenvalue weighted by atomic mass is 32.1. The van der Waals surface area contributed by atoms with Crippen molar-refractivity contribution < 1.29 is 4.79 Å². The van der Waals surface area contributed by atoms with Gasteiger partial charge < -0.3 is 10.2 Å². The number of likely N-dealkylation sites (N-methyl/N-ethyl adjacent to an activating group) is 1. The van der Waals surface area contributed by atoms with E-state index >= 15 is 0 Å². The molecule has 0 saturated carbocycles.